The van der Waals surface area contributed by atoms with Crippen LogP contribution in [0.15, 0.2) is 6.20 Å². The lowest BCUT2D eigenvalue weighted by molar-refractivity contribution is 0.103. The third-order valence-electron chi connectivity index (χ3n) is 3.96. The highest BCUT2D eigenvalue weighted by molar-refractivity contribution is 6.99. The van der Waals surface area contributed by atoms with E-state index in [4.69, 9.17) is 4.74 Å². The average Bonchev–Trinajstić information content (AvgIpc) is 2.99. The number of likely N-dealkylation sites (tertiary alicyclic amines) is 1. The SMILES string of the molecule is OC(CNCC1CCN(C2CC2)C1)COc1cnsn1. The molecule has 2 unspecified atom stereocenters. The summed E-state index contributed by atoms with van der Waals surface area (Å²) in [5.41, 5.74) is 0. The second-order valence-electron chi connectivity index (χ2n) is 5.75. The fourth-order valence-electron chi connectivity index (χ4n) is 2.71. The first-order chi connectivity index (χ1) is 9.81. The summed E-state index contributed by atoms with van der Waals surface area (Å²) < 4.78 is 13.1. The van der Waals surface area contributed by atoms with E-state index in [1.54, 1.807) is 6.20 Å². The van der Waals surface area contributed by atoms with E-state index in [1.165, 1.54) is 32.4 Å². The Morgan fingerprint density at radius 1 is 1.50 bits per heavy atom. The molecule has 7 heteroatoms. The minimum atomic E-state index is -0.502. The van der Waals surface area contributed by atoms with Crippen LogP contribution in [-0.2, 0) is 0 Å². The first-order valence-electron chi connectivity index (χ1n) is 7.34. The minimum Gasteiger partial charge on any atom is -0.473 e. The quantitative estimate of drug-likeness (QED) is 0.722. The predicted molar refractivity (Wildman–Crippen MR) is 77.0 cm³/mol. The number of rotatable bonds is 8. The van der Waals surface area contributed by atoms with Crippen LogP contribution in [0.5, 0.6) is 5.88 Å². The fourth-order valence-corrected chi connectivity index (χ4v) is 3.08. The standard InChI is InChI=1S/C13H22N4O2S/c18-12(9-19-13-7-15-20-16-13)6-14-5-10-3-4-17(8-10)11-1-2-11/h7,10-12,14,18H,1-6,8-9H2. The van der Waals surface area contributed by atoms with Gasteiger partial charge in [0, 0.05) is 19.1 Å². The van der Waals surface area contributed by atoms with Gasteiger partial charge in [0.1, 0.15) is 18.9 Å². The van der Waals surface area contributed by atoms with E-state index < -0.39 is 6.10 Å². The molecule has 0 radical (unpaired) electrons. The summed E-state index contributed by atoms with van der Waals surface area (Å²) in [6.45, 7) is 4.28. The number of nitrogens with one attached hydrogen (secondary N) is 1. The van der Waals surface area contributed by atoms with Gasteiger partial charge in [-0.05, 0) is 38.3 Å². The summed E-state index contributed by atoms with van der Waals surface area (Å²) in [6, 6.07) is 0.880. The van der Waals surface area contributed by atoms with E-state index in [0.29, 0.717) is 12.4 Å². The van der Waals surface area contributed by atoms with Crippen molar-refractivity contribution >= 4 is 11.7 Å². The lowest BCUT2D eigenvalue weighted by Gasteiger charge is -2.16. The van der Waals surface area contributed by atoms with Crippen molar-refractivity contribution in [2.24, 2.45) is 5.92 Å². The summed E-state index contributed by atoms with van der Waals surface area (Å²) in [5.74, 6) is 1.22. The molecule has 1 saturated carbocycles. The van der Waals surface area contributed by atoms with Gasteiger partial charge in [-0.3, -0.25) is 0 Å². The summed E-state index contributed by atoms with van der Waals surface area (Å²) >= 11 is 1.11. The Kier molecular flexibility index (Phi) is 4.82. The zero-order valence-corrected chi connectivity index (χ0v) is 12.4. The van der Waals surface area contributed by atoms with Gasteiger partial charge in [0.2, 0.25) is 5.88 Å². The van der Waals surface area contributed by atoms with Crippen molar-refractivity contribution in [2.75, 3.05) is 32.8 Å². The smallest absolute Gasteiger partial charge is 0.245 e. The maximum absolute atomic E-state index is 9.83. The molecule has 1 aliphatic heterocycles. The Bertz CT molecular complexity index is 399. The minimum absolute atomic E-state index is 0.261. The van der Waals surface area contributed by atoms with Crippen molar-refractivity contribution in [3.63, 3.8) is 0 Å². The van der Waals surface area contributed by atoms with E-state index in [9.17, 15) is 5.11 Å². The second kappa shape index (κ2) is 6.80. The molecule has 2 fully saturated rings. The van der Waals surface area contributed by atoms with E-state index in [-0.39, 0.29) is 6.61 Å². The first-order valence-corrected chi connectivity index (χ1v) is 8.07. The molecular weight excluding hydrogens is 276 g/mol. The van der Waals surface area contributed by atoms with Crippen LogP contribution >= 0.6 is 11.7 Å². The van der Waals surface area contributed by atoms with Crippen molar-refractivity contribution in [1.82, 2.24) is 19.0 Å². The molecule has 3 rings (SSSR count). The van der Waals surface area contributed by atoms with Crippen LogP contribution in [0.4, 0.5) is 0 Å². The lowest BCUT2D eigenvalue weighted by Crippen LogP contribution is -2.35. The number of aliphatic hydroxyl groups is 1. The van der Waals surface area contributed by atoms with Crippen LogP contribution in [-0.4, -0.2) is 63.7 Å². The van der Waals surface area contributed by atoms with Crippen molar-refractivity contribution in [1.29, 1.82) is 0 Å². The van der Waals surface area contributed by atoms with Gasteiger partial charge in [-0.2, -0.15) is 4.37 Å². The Morgan fingerprint density at radius 3 is 3.15 bits per heavy atom. The molecule has 0 aromatic carbocycles. The molecule has 2 atom stereocenters. The highest BCUT2D eigenvalue weighted by Crippen LogP contribution is 2.31. The first kappa shape index (κ1) is 14.2. The van der Waals surface area contributed by atoms with Crippen LogP contribution in [0.2, 0.25) is 0 Å². The number of hydrogen-bond donors (Lipinski definition) is 2. The Labute approximate surface area is 123 Å². The van der Waals surface area contributed by atoms with E-state index in [2.05, 4.69) is 19.0 Å². The van der Waals surface area contributed by atoms with E-state index in [1.807, 2.05) is 0 Å². The highest BCUT2D eigenvalue weighted by Gasteiger charge is 2.34. The molecule has 1 aromatic rings. The van der Waals surface area contributed by atoms with Gasteiger partial charge in [0.05, 0.1) is 11.7 Å². The number of aliphatic hydroxyl groups excluding tert-OH is 1. The topological polar surface area (TPSA) is 70.5 Å². The molecule has 1 aliphatic carbocycles. The molecule has 0 bridgehead atoms. The summed E-state index contributed by atoms with van der Waals surface area (Å²) in [6.07, 6.45) is 5.12. The zero-order chi connectivity index (χ0) is 13.8. The monoisotopic (exact) mass is 298 g/mol. The maximum Gasteiger partial charge on any atom is 0.245 e. The third-order valence-corrected chi connectivity index (χ3v) is 4.42. The highest BCUT2D eigenvalue weighted by atomic mass is 32.1. The predicted octanol–water partition coefficient (Wildman–Crippen LogP) is 0.352. The molecule has 2 heterocycles. The largest absolute Gasteiger partial charge is 0.473 e. The summed E-state index contributed by atoms with van der Waals surface area (Å²) in [4.78, 5) is 2.61. The average molecular weight is 298 g/mol. The molecule has 6 nitrogen and oxygen atoms in total. The Hall–Kier alpha value is -0.760. The molecule has 0 spiro atoms. The van der Waals surface area contributed by atoms with Gasteiger partial charge in [-0.15, -0.1) is 4.37 Å². The van der Waals surface area contributed by atoms with Crippen molar-refractivity contribution in [2.45, 2.75) is 31.4 Å². The van der Waals surface area contributed by atoms with Crippen LogP contribution in [0.1, 0.15) is 19.3 Å². The number of aromatic nitrogens is 2. The Balaban J connectivity index is 1.25. The van der Waals surface area contributed by atoms with Gasteiger partial charge in [0.25, 0.3) is 0 Å². The molecule has 2 aliphatic rings. The van der Waals surface area contributed by atoms with Crippen LogP contribution in [0.3, 0.4) is 0 Å². The third kappa shape index (κ3) is 4.12. The van der Waals surface area contributed by atoms with Crippen LogP contribution < -0.4 is 10.1 Å². The van der Waals surface area contributed by atoms with Gasteiger partial charge in [-0.1, -0.05) is 0 Å². The Morgan fingerprint density at radius 2 is 2.40 bits per heavy atom. The number of nitrogens with zero attached hydrogens (tertiary/aromatic N) is 3. The van der Waals surface area contributed by atoms with Gasteiger partial charge in [0.15, 0.2) is 0 Å². The molecule has 1 aromatic heterocycles. The van der Waals surface area contributed by atoms with E-state index >= 15 is 0 Å². The van der Waals surface area contributed by atoms with Crippen molar-refractivity contribution in [3.8, 4) is 5.88 Å². The fraction of sp³-hybridized carbons (Fsp3) is 0.846. The molecule has 1 saturated heterocycles. The van der Waals surface area contributed by atoms with Gasteiger partial charge >= 0.3 is 0 Å². The zero-order valence-electron chi connectivity index (χ0n) is 11.6. The van der Waals surface area contributed by atoms with Gasteiger partial charge < -0.3 is 20.1 Å². The molecule has 0 amide bonds. The summed E-state index contributed by atoms with van der Waals surface area (Å²) in [5, 5.41) is 13.2. The van der Waals surface area contributed by atoms with Crippen LogP contribution in [0.25, 0.3) is 0 Å². The number of hydrogen-bond acceptors (Lipinski definition) is 7. The molecule has 20 heavy (non-hydrogen) atoms. The summed E-state index contributed by atoms with van der Waals surface area (Å²) in [7, 11) is 0. The van der Waals surface area contributed by atoms with Gasteiger partial charge in [-0.25, -0.2) is 0 Å². The number of ether oxygens (including phenoxy) is 1. The molecular formula is C13H22N4O2S. The maximum atomic E-state index is 9.83. The van der Waals surface area contributed by atoms with E-state index in [0.717, 1.165) is 30.2 Å². The lowest BCUT2D eigenvalue weighted by atomic mass is 10.1. The normalized spacial score (nSPS) is 24.9. The second-order valence-corrected chi connectivity index (χ2v) is 6.31. The van der Waals surface area contributed by atoms with Crippen molar-refractivity contribution in [3.05, 3.63) is 6.20 Å². The molecule has 112 valence electrons. The van der Waals surface area contributed by atoms with Crippen LogP contribution in [0, 0.1) is 5.92 Å². The van der Waals surface area contributed by atoms with Crippen molar-refractivity contribution < 1.29 is 9.84 Å². The molecule has 2 N–H and O–H groups in total.